The van der Waals surface area contributed by atoms with E-state index in [4.69, 9.17) is 11.6 Å². The van der Waals surface area contributed by atoms with Crippen molar-refractivity contribution >= 4 is 28.3 Å². The molecule has 3 aromatic carbocycles. The molecule has 0 spiro atoms. The molecule has 5 rings (SSSR count). The minimum absolute atomic E-state index is 0.191. The molecule has 1 N–H and O–H groups in total. The molecule has 0 aliphatic carbocycles. The molecule has 0 bridgehead atoms. The second-order valence-corrected chi connectivity index (χ2v) is 9.40. The number of carbonyl (C=O) groups excluding carboxylic acids is 1. The topological polar surface area (TPSA) is 68.9 Å². The molecule has 186 valence electrons. The van der Waals surface area contributed by atoms with Gasteiger partial charge in [0.25, 0.3) is 11.5 Å². The third kappa shape index (κ3) is 4.80. The summed E-state index contributed by atoms with van der Waals surface area (Å²) in [5.74, 6) is -0.264. The van der Waals surface area contributed by atoms with E-state index in [1.54, 1.807) is 29.1 Å². The van der Waals surface area contributed by atoms with E-state index in [-0.39, 0.29) is 24.1 Å². The number of pyridine rings is 1. The number of nitrogens with zero attached hydrogens (tertiary/aromatic N) is 3. The van der Waals surface area contributed by atoms with Crippen LogP contribution in [0, 0.1) is 6.92 Å². The zero-order valence-corrected chi connectivity index (χ0v) is 21.4. The van der Waals surface area contributed by atoms with E-state index in [0.717, 1.165) is 11.3 Å². The van der Waals surface area contributed by atoms with Crippen molar-refractivity contribution < 1.29 is 4.79 Å². The molecule has 1 atom stereocenters. The molecule has 0 saturated heterocycles. The Kier molecular flexibility index (Phi) is 6.93. The summed E-state index contributed by atoms with van der Waals surface area (Å²) in [4.78, 5) is 32.4. The smallest absolute Gasteiger partial charge is 0.264 e. The number of fused-ring (bicyclic) bond motifs is 1. The monoisotopic (exact) mass is 510 g/mol. The van der Waals surface area contributed by atoms with Gasteiger partial charge in [0.2, 0.25) is 0 Å². The van der Waals surface area contributed by atoms with Crippen LogP contribution in [0.1, 0.15) is 46.7 Å². The number of aryl methyl sites for hydroxylation is 1. The fourth-order valence-electron chi connectivity index (χ4n) is 4.77. The van der Waals surface area contributed by atoms with Gasteiger partial charge in [-0.25, -0.2) is 4.98 Å². The van der Waals surface area contributed by atoms with Crippen molar-refractivity contribution in [1.82, 2.24) is 19.4 Å². The summed E-state index contributed by atoms with van der Waals surface area (Å²) >= 11 is 6.58. The quantitative estimate of drug-likeness (QED) is 0.288. The number of halogens is 1. The minimum atomic E-state index is -0.273. The largest absolute Gasteiger partial charge is 0.345 e. The van der Waals surface area contributed by atoms with Crippen LogP contribution in [0.2, 0.25) is 5.02 Å². The van der Waals surface area contributed by atoms with E-state index in [0.29, 0.717) is 39.2 Å². The van der Waals surface area contributed by atoms with Gasteiger partial charge in [0, 0.05) is 17.3 Å². The lowest BCUT2D eigenvalue weighted by Crippen LogP contribution is -2.33. The van der Waals surface area contributed by atoms with Gasteiger partial charge in [-0.2, -0.15) is 0 Å². The first-order valence-electron chi connectivity index (χ1n) is 12.2. The first-order chi connectivity index (χ1) is 18.0. The molecule has 0 saturated carbocycles. The maximum absolute atomic E-state index is 14.1. The Bertz CT molecular complexity index is 1620. The third-order valence-electron chi connectivity index (χ3n) is 6.51. The van der Waals surface area contributed by atoms with Crippen LogP contribution in [-0.4, -0.2) is 20.0 Å². The Balaban J connectivity index is 1.78. The van der Waals surface area contributed by atoms with Crippen LogP contribution in [0.15, 0.2) is 96.2 Å². The summed E-state index contributed by atoms with van der Waals surface area (Å²) in [5.41, 5.74) is 3.23. The lowest BCUT2D eigenvalue weighted by molar-refractivity contribution is 0.0935. The highest BCUT2D eigenvalue weighted by atomic mass is 35.5. The predicted molar refractivity (Wildman–Crippen MR) is 148 cm³/mol. The number of imidazole rings is 1. The number of benzene rings is 3. The molecule has 1 amide bonds. The summed E-state index contributed by atoms with van der Waals surface area (Å²) < 4.78 is 3.48. The van der Waals surface area contributed by atoms with Crippen molar-refractivity contribution in [1.29, 1.82) is 0 Å². The molecule has 37 heavy (non-hydrogen) atoms. The molecular weight excluding hydrogens is 484 g/mol. The Morgan fingerprint density at radius 3 is 2.35 bits per heavy atom. The Labute approximate surface area is 220 Å². The third-order valence-corrected chi connectivity index (χ3v) is 6.83. The minimum Gasteiger partial charge on any atom is -0.345 e. The average Bonchev–Trinajstić information content (AvgIpc) is 3.32. The van der Waals surface area contributed by atoms with Crippen LogP contribution in [-0.2, 0) is 6.54 Å². The summed E-state index contributed by atoms with van der Waals surface area (Å²) in [6.45, 7) is 4.21. The van der Waals surface area contributed by atoms with Gasteiger partial charge < -0.3 is 9.88 Å². The van der Waals surface area contributed by atoms with Gasteiger partial charge in [-0.3, -0.25) is 14.2 Å². The van der Waals surface area contributed by atoms with Crippen molar-refractivity contribution in [3.8, 4) is 5.69 Å². The summed E-state index contributed by atoms with van der Waals surface area (Å²) in [6.07, 6.45) is 4.31. The van der Waals surface area contributed by atoms with Gasteiger partial charge in [0.15, 0.2) is 0 Å². The normalized spacial score (nSPS) is 12.0. The number of amides is 1. The van der Waals surface area contributed by atoms with E-state index in [1.807, 2.05) is 85.3 Å². The zero-order chi connectivity index (χ0) is 25.9. The first kappa shape index (κ1) is 24.5. The highest BCUT2D eigenvalue weighted by molar-refractivity contribution is 6.36. The average molecular weight is 511 g/mol. The summed E-state index contributed by atoms with van der Waals surface area (Å²) in [5, 5.41) is 4.37. The van der Waals surface area contributed by atoms with Crippen molar-refractivity contribution in [2.24, 2.45) is 0 Å². The Morgan fingerprint density at radius 2 is 1.70 bits per heavy atom. The standard InChI is InChI=1S/C30H27ClN4O2/c1-3-25(21-11-6-4-7-12-21)33-29(36)28-23-15-10-16-24(31)27(23)30(37)35(22-13-8-5-9-14-22)26(28)18-34-17-20(2)32-19-34/h4-17,19,25H,3,18H2,1-2H3,(H,33,36)/t25-/m0/s1. The fraction of sp³-hybridized carbons (Fsp3) is 0.167. The molecule has 6 nitrogen and oxygen atoms in total. The molecule has 2 heterocycles. The number of nitrogens with one attached hydrogen (secondary N) is 1. The number of rotatable bonds is 7. The van der Waals surface area contributed by atoms with E-state index >= 15 is 0 Å². The van der Waals surface area contributed by atoms with Crippen LogP contribution in [0.5, 0.6) is 0 Å². The van der Waals surface area contributed by atoms with Crippen LogP contribution < -0.4 is 10.9 Å². The summed E-state index contributed by atoms with van der Waals surface area (Å²) in [7, 11) is 0. The lowest BCUT2D eigenvalue weighted by atomic mass is 9.99. The van der Waals surface area contributed by atoms with Crippen LogP contribution in [0.4, 0.5) is 0 Å². The van der Waals surface area contributed by atoms with Crippen LogP contribution in [0.25, 0.3) is 16.5 Å². The van der Waals surface area contributed by atoms with E-state index < -0.39 is 0 Å². The van der Waals surface area contributed by atoms with Gasteiger partial charge >= 0.3 is 0 Å². The molecule has 5 aromatic rings. The van der Waals surface area contributed by atoms with Crippen molar-refractivity contribution in [3.63, 3.8) is 0 Å². The van der Waals surface area contributed by atoms with Gasteiger partial charge in [-0.05, 0) is 37.1 Å². The zero-order valence-electron chi connectivity index (χ0n) is 20.7. The molecule has 0 unspecified atom stereocenters. The van der Waals surface area contributed by atoms with Gasteiger partial charge in [0.1, 0.15) is 0 Å². The van der Waals surface area contributed by atoms with Crippen molar-refractivity contribution in [2.75, 3.05) is 0 Å². The summed E-state index contributed by atoms with van der Waals surface area (Å²) in [6, 6.07) is 24.3. The molecule has 0 aliphatic rings. The second-order valence-electron chi connectivity index (χ2n) is 8.99. The number of hydrogen-bond donors (Lipinski definition) is 1. The molecular formula is C30H27ClN4O2. The Morgan fingerprint density at radius 1 is 1.00 bits per heavy atom. The van der Waals surface area contributed by atoms with Gasteiger partial charge in [0.05, 0.1) is 46.3 Å². The molecule has 2 aromatic heterocycles. The predicted octanol–water partition coefficient (Wildman–Crippen LogP) is 6.08. The SMILES string of the molecule is CC[C@H](NC(=O)c1c(Cn2cnc(C)c2)n(-c2ccccc2)c(=O)c2c(Cl)cccc12)c1ccccc1. The van der Waals surface area contributed by atoms with Gasteiger partial charge in [-0.15, -0.1) is 0 Å². The first-order valence-corrected chi connectivity index (χ1v) is 12.6. The fourth-order valence-corrected chi connectivity index (χ4v) is 5.03. The lowest BCUT2D eigenvalue weighted by Gasteiger charge is -2.23. The molecule has 7 heteroatoms. The molecule has 0 aliphatic heterocycles. The molecule has 0 fully saturated rings. The van der Waals surface area contributed by atoms with Crippen LogP contribution in [0.3, 0.4) is 0 Å². The number of aromatic nitrogens is 3. The van der Waals surface area contributed by atoms with Gasteiger partial charge in [-0.1, -0.05) is 79.2 Å². The van der Waals surface area contributed by atoms with Crippen molar-refractivity contribution in [2.45, 2.75) is 32.9 Å². The highest BCUT2D eigenvalue weighted by Crippen LogP contribution is 2.29. The highest BCUT2D eigenvalue weighted by Gasteiger charge is 2.26. The molecule has 0 radical (unpaired) electrons. The van der Waals surface area contributed by atoms with E-state index in [2.05, 4.69) is 10.3 Å². The van der Waals surface area contributed by atoms with Crippen LogP contribution >= 0.6 is 11.6 Å². The maximum atomic E-state index is 14.1. The second kappa shape index (κ2) is 10.4. The number of carbonyl (C=O) groups is 1. The maximum Gasteiger partial charge on any atom is 0.264 e. The number of para-hydroxylation sites is 1. The van der Waals surface area contributed by atoms with E-state index in [1.165, 1.54) is 0 Å². The van der Waals surface area contributed by atoms with Crippen molar-refractivity contribution in [3.05, 3.63) is 129 Å². The Hall–Kier alpha value is -4.16. The van der Waals surface area contributed by atoms with E-state index in [9.17, 15) is 9.59 Å². The number of hydrogen-bond acceptors (Lipinski definition) is 3.